The van der Waals surface area contributed by atoms with Crippen LogP contribution in [0.4, 0.5) is 0 Å². The number of aromatic hydroxyl groups is 1. The molecule has 0 radical (unpaired) electrons. The standard InChI is InChI=1S/C21H28O5S/c1-2-3-4-5-6-7-8-10-17-11-9-12-18(15-17)26-19-13-14-21(20(22)16-19)27(23,24)25/h9,11-16,22H,2-8,10H2,1H3,(H,23,24,25). The molecule has 0 saturated carbocycles. The molecule has 0 amide bonds. The van der Waals surface area contributed by atoms with Crippen LogP contribution in [0.5, 0.6) is 17.2 Å². The van der Waals surface area contributed by atoms with Gasteiger partial charge in [0.2, 0.25) is 0 Å². The van der Waals surface area contributed by atoms with Crippen LogP contribution >= 0.6 is 0 Å². The van der Waals surface area contributed by atoms with Crippen LogP contribution in [0, 0.1) is 0 Å². The van der Waals surface area contributed by atoms with Gasteiger partial charge in [-0.05, 0) is 42.7 Å². The summed E-state index contributed by atoms with van der Waals surface area (Å²) in [5.74, 6) is 0.372. The summed E-state index contributed by atoms with van der Waals surface area (Å²) in [6.07, 6.45) is 9.83. The van der Waals surface area contributed by atoms with E-state index in [9.17, 15) is 13.5 Å². The zero-order valence-corrected chi connectivity index (χ0v) is 16.5. The zero-order valence-electron chi connectivity index (χ0n) is 15.7. The van der Waals surface area contributed by atoms with Gasteiger partial charge in [-0.1, -0.05) is 57.6 Å². The summed E-state index contributed by atoms with van der Waals surface area (Å²) >= 11 is 0. The second-order valence-corrected chi connectivity index (χ2v) is 8.12. The Hall–Kier alpha value is -2.05. The maximum Gasteiger partial charge on any atom is 0.298 e. The molecule has 0 bridgehead atoms. The average Bonchev–Trinajstić information content (AvgIpc) is 2.60. The van der Waals surface area contributed by atoms with Crippen LogP contribution in [-0.4, -0.2) is 18.1 Å². The minimum absolute atomic E-state index is 0.299. The Morgan fingerprint density at radius 3 is 2.22 bits per heavy atom. The third-order valence-electron chi connectivity index (χ3n) is 4.41. The first-order chi connectivity index (χ1) is 12.9. The summed E-state index contributed by atoms with van der Waals surface area (Å²) in [6, 6.07) is 11.4. The molecule has 0 heterocycles. The van der Waals surface area contributed by atoms with Gasteiger partial charge >= 0.3 is 0 Å². The summed E-state index contributed by atoms with van der Waals surface area (Å²) in [6.45, 7) is 2.22. The highest BCUT2D eigenvalue weighted by molar-refractivity contribution is 7.86. The van der Waals surface area contributed by atoms with Crippen molar-refractivity contribution in [2.45, 2.75) is 63.2 Å². The van der Waals surface area contributed by atoms with E-state index in [2.05, 4.69) is 13.0 Å². The van der Waals surface area contributed by atoms with Crippen molar-refractivity contribution in [2.24, 2.45) is 0 Å². The predicted molar refractivity (Wildman–Crippen MR) is 106 cm³/mol. The van der Waals surface area contributed by atoms with E-state index in [0.717, 1.165) is 18.9 Å². The molecule has 2 N–H and O–H groups in total. The number of rotatable bonds is 11. The number of benzene rings is 2. The normalized spacial score (nSPS) is 11.5. The third-order valence-corrected chi connectivity index (χ3v) is 5.31. The lowest BCUT2D eigenvalue weighted by atomic mass is 10.0. The smallest absolute Gasteiger partial charge is 0.298 e. The molecule has 0 fully saturated rings. The van der Waals surface area contributed by atoms with Crippen molar-refractivity contribution in [2.75, 3.05) is 0 Å². The third kappa shape index (κ3) is 7.23. The van der Waals surface area contributed by atoms with Crippen molar-refractivity contribution in [3.8, 4) is 17.2 Å². The number of hydrogen-bond acceptors (Lipinski definition) is 4. The van der Waals surface area contributed by atoms with E-state index in [1.54, 1.807) is 0 Å². The lowest BCUT2D eigenvalue weighted by Crippen LogP contribution is -1.98. The van der Waals surface area contributed by atoms with Crippen LogP contribution < -0.4 is 4.74 Å². The van der Waals surface area contributed by atoms with Crippen molar-refractivity contribution in [1.29, 1.82) is 0 Å². The molecule has 2 aromatic carbocycles. The molecule has 27 heavy (non-hydrogen) atoms. The number of unbranched alkanes of at least 4 members (excludes halogenated alkanes) is 6. The fourth-order valence-corrected chi connectivity index (χ4v) is 3.53. The highest BCUT2D eigenvalue weighted by Gasteiger charge is 2.16. The molecule has 148 valence electrons. The molecule has 0 aliphatic carbocycles. The van der Waals surface area contributed by atoms with E-state index in [0.29, 0.717) is 11.5 Å². The summed E-state index contributed by atoms with van der Waals surface area (Å²) in [4.78, 5) is -0.539. The highest BCUT2D eigenvalue weighted by atomic mass is 32.2. The molecule has 0 unspecified atom stereocenters. The van der Waals surface area contributed by atoms with Crippen LogP contribution in [-0.2, 0) is 16.5 Å². The lowest BCUT2D eigenvalue weighted by molar-refractivity contribution is 0.433. The molecule has 0 spiro atoms. The number of phenolic OH excluding ortho intramolecular Hbond substituents is 1. The van der Waals surface area contributed by atoms with Gasteiger partial charge < -0.3 is 9.84 Å². The second-order valence-electron chi connectivity index (χ2n) is 6.73. The summed E-state index contributed by atoms with van der Waals surface area (Å²) in [5.41, 5.74) is 1.18. The Kier molecular flexibility index (Phi) is 8.13. The summed E-state index contributed by atoms with van der Waals surface area (Å²) in [5, 5.41) is 9.76. The maximum atomic E-state index is 11.1. The van der Waals surface area contributed by atoms with Crippen molar-refractivity contribution in [3.05, 3.63) is 48.0 Å². The minimum Gasteiger partial charge on any atom is -0.506 e. The Morgan fingerprint density at radius 2 is 1.56 bits per heavy atom. The van der Waals surface area contributed by atoms with Crippen LogP contribution in [0.1, 0.15) is 57.4 Å². The molecule has 0 aliphatic heterocycles. The molecule has 0 aromatic heterocycles. The quantitative estimate of drug-likeness (QED) is 0.377. The summed E-state index contributed by atoms with van der Waals surface area (Å²) < 4.78 is 37.0. The van der Waals surface area contributed by atoms with Gasteiger partial charge in [-0.3, -0.25) is 4.55 Å². The van der Waals surface area contributed by atoms with Gasteiger partial charge in [-0.15, -0.1) is 0 Å². The van der Waals surface area contributed by atoms with Crippen molar-refractivity contribution >= 4 is 10.1 Å². The van der Waals surface area contributed by atoms with Gasteiger partial charge in [0, 0.05) is 6.07 Å². The molecule has 2 aromatic rings. The molecular formula is C21H28O5S. The Labute approximate surface area is 161 Å². The van der Waals surface area contributed by atoms with E-state index in [1.807, 2.05) is 18.2 Å². The van der Waals surface area contributed by atoms with Gasteiger partial charge in [0.25, 0.3) is 10.1 Å². The zero-order chi connectivity index (χ0) is 19.7. The van der Waals surface area contributed by atoms with Crippen LogP contribution in [0.2, 0.25) is 0 Å². The first-order valence-corrected chi connectivity index (χ1v) is 10.9. The Bertz CT molecular complexity index is 830. The lowest BCUT2D eigenvalue weighted by Gasteiger charge is -2.09. The number of hydrogen-bond donors (Lipinski definition) is 2. The summed E-state index contributed by atoms with van der Waals surface area (Å²) in [7, 11) is -4.46. The fourth-order valence-electron chi connectivity index (χ4n) is 2.97. The first-order valence-electron chi connectivity index (χ1n) is 9.47. The number of ether oxygens (including phenoxy) is 1. The minimum atomic E-state index is -4.46. The van der Waals surface area contributed by atoms with E-state index in [4.69, 9.17) is 9.29 Å². The molecule has 6 heteroatoms. The Morgan fingerprint density at radius 1 is 0.889 bits per heavy atom. The van der Waals surface area contributed by atoms with Gasteiger partial charge in [-0.2, -0.15) is 8.42 Å². The molecule has 5 nitrogen and oxygen atoms in total. The predicted octanol–water partition coefficient (Wildman–Crippen LogP) is 5.72. The molecule has 2 rings (SSSR count). The first kappa shape index (κ1) is 21.3. The van der Waals surface area contributed by atoms with E-state index >= 15 is 0 Å². The number of phenols is 1. The second kappa shape index (κ2) is 10.3. The van der Waals surface area contributed by atoms with Crippen molar-refractivity contribution < 1.29 is 22.8 Å². The molecule has 0 aliphatic rings. The molecular weight excluding hydrogens is 364 g/mol. The highest BCUT2D eigenvalue weighted by Crippen LogP contribution is 2.30. The fraction of sp³-hybridized carbons (Fsp3) is 0.429. The average molecular weight is 393 g/mol. The Balaban J connectivity index is 1.89. The molecule has 0 atom stereocenters. The maximum absolute atomic E-state index is 11.1. The van der Waals surface area contributed by atoms with Crippen molar-refractivity contribution in [3.63, 3.8) is 0 Å². The van der Waals surface area contributed by atoms with E-state index in [1.165, 1.54) is 56.2 Å². The largest absolute Gasteiger partial charge is 0.506 e. The van der Waals surface area contributed by atoms with E-state index < -0.39 is 20.8 Å². The van der Waals surface area contributed by atoms with Gasteiger partial charge in [0.15, 0.2) is 0 Å². The monoisotopic (exact) mass is 392 g/mol. The van der Waals surface area contributed by atoms with Crippen LogP contribution in [0.3, 0.4) is 0 Å². The van der Waals surface area contributed by atoms with Gasteiger partial charge in [-0.25, -0.2) is 0 Å². The SMILES string of the molecule is CCCCCCCCCc1cccc(Oc2ccc(S(=O)(=O)O)c(O)c2)c1. The number of aryl methyl sites for hydroxylation is 1. The molecule has 0 saturated heterocycles. The van der Waals surface area contributed by atoms with Gasteiger partial charge in [0.1, 0.15) is 22.1 Å². The van der Waals surface area contributed by atoms with Crippen LogP contribution in [0.15, 0.2) is 47.4 Å². The van der Waals surface area contributed by atoms with Gasteiger partial charge in [0.05, 0.1) is 0 Å². The van der Waals surface area contributed by atoms with E-state index in [-0.39, 0.29) is 0 Å². The van der Waals surface area contributed by atoms with Crippen molar-refractivity contribution in [1.82, 2.24) is 0 Å². The topological polar surface area (TPSA) is 83.8 Å². The van der Waals surface area contributed by atoms with Crippen LogP contribution in [0.25, 0.3) is 0 Å².